The van der Waals surface area contributed by atoms with E-state index < -0.39 is 0 Å². The summed E-state index contributed by atoms with van der Waals surface area (Å²) in [5.41, 5.74) is 1.48. The molecule has 1 unspecified atom stereocenters. The number of carbonyl (C=O) groups excluding carboxylic acids is 1. The van der Waals surface area contributed by atoms with Crippen LogP contribution >= 0.6 is 0 Å². The van der Waals surface area contributed by atoms with E-state index in [0.717, 1.165) is 17.9 Å². The van der Waals surface area contributed by atoms with E-state index in [1.165, 1.54) is 12.8 Å². The number of rotatable bonds is 5. The van der Waals surface area contributed by atoms with Crippen molar-refractivity contribution in [1.29, 1.82) is 0 Å². The molecular weight excluding hydrogens is 188 g/mol. The Balaban J connectivity index is 2.78. The summed E-state index contributed by atoms with van der Waals surface area (Å²) in [7, 11) is 0. The molecule has 0 fully saturated rings. The standard InChI is InChI=1S/C12H20N2O/c1-5-6-7-8(2)12-13-9(3)11(14-12)10(4)15/h8H,5-7H2,1-4H3,(H,13,14). The number of hydrogen-bond donors (Lipinski definition) is 1. The normalized spacial score (nSPS) is 12.8. The van der Waals surface area contributed by atoms with Gasteiger partial charge < -0.3 is 4.98 Å². The second kappa shape index (κ2) is 5.10. The Labute approximate surface area is 91.3 Å². The minimum absolute atomic E-state index is 0.0395. The molecule has 1 atom stereocenters. The number of hydrogen-bond acceptors (Lipinski definition) is 2. The van der Waals surface area contributed by atoms with Crippen LogP contribution in [0.15, 0.2) is 0 Å². The van der Waals surface area contributed by atoms with Crippen LogP contribution in [0.5, 0.6) is 0 Å². The molecule has 1 rings (SSSR count). The lowest BCUT2D eigenvalue weighted by Crippen LogP contribution is -1.98. The zero-order valence-electron chi connectivity index (χ0n) is 10.1. The van der Waals surface area contributed by atoms with Gasteiger partial charge in [0.05, 0.1) is 0 Å². The number of carbonyl (C=O) groups is 1. The molecule has 3 heteroatoms. The number of imidazole rings is 1. The number of aromatic amines is 1. The zero-order chi connectivity index (χ0) is 11.4. The Morgan fingerprint density at radius 3 is 2.67 bits per heavy atom. The molecule has 1 aromatic rings. The zero-order valence-corrected chi connectivity index (χ0v) is 10.1. The number of ketones is 1. The highest BCUT2D eigenvalue weighted by atomic mass is 16.1. The van der Waals surface area contributed by atoms with Gasteiger partial charge in [-0.15, -0.1) is 0 Å². The Morgan fingerprint density at radius 1 is 1.53 bits per heavy atom. The minimum atomic E-state index is 0.0395. The van der Waals surface area contributed by atoms with E-state index in [9.17, 15) is 4.79 Å². The molecule has 0 bridgehead atoms. The fourth-order valence-corrected chi connectivity index (χ4v) is 1.71. The number of unbranched alkanes of at least 4 members (excludes halogenated alkanes) is 1. The molecule has 1 heterocycles. The van der Waals surface area contributed by atoms with E-state index in [-0.39, 0.29) is 5.78 Å². The fourth-order valence-electron chi connectivity index (χ4n) is 1.71. The molecule has 84 valence electrons. The molecule has 0 spiro atoms. The first kappa shape index (κ1) is 12.0. The lowest BCUT2D eigenvalue weighted by molar-refractivity contribution is 0.101. The molecule has 1 N–H and O–H groups in total. The SMILES string of the molecule is CCCCC(C)c1nc(C(C)=O)c(C)[nH]1. The lowest BCUT2D eigenvalue weighted by Gasteiger charge is -2.06. The summed E-state index contributed by atoms with van der Waals surface area (Å²) < 4.78 is 0. The van der Waals surface area contributed by atoms with Gasteiger partial charge in [-0.2, -0.15) is 0 Å². The third-order valence-corrected chi connectivity index (χ3v) is 2.69. The van der Waals surface area contributed by atoms with Crippen molar-refractivity contribution in [2.75, 3.05) is 0 Å². The monoisotopic (exact) mass is 208 g/mol. The molecule has 0 saturated carbocycles. The van der Waals surface area contributed by atoms with Crippen molar-refractivity contribution in [2.45, 2.75) is 52.9 Å². The molecule has 0 aliphatic carbocycles. The van der Waals surface area contributed by atoms with Crippen LogP contribution < -0.4 is 0 Å². The van der Waals surface area contributed by atoms with Gasteiger partial charge in [-0.25, -0.2) is 4.98 Å². The molecule has 15 heavy (non-hydrogen) atoms. The maximum atomic E-state index is 11.2. The third-order valence-electron chi connectivity index (χ3n) is 2.69. The first-order valence-electron chi connectivity index (χ1n) is 5.63. The molecule has 0 radical (unpaired) electrons. The van der Waals surface area contributed by atoms with E-state index in [0.29, 0.717) is 11.6 Å². The van der Waals surface area contributed by atoms with Gasteiger partial charge in [-0.3, -0.25) is 4.79 Å². The summed E-state index contributed by atoms with van der Waals surface area (Å²) in [4.78, 5) is 18.8. The van der Waals surface area contributed by atoms with E-state index in [4.69, 9.17) is 0 Å². The van der Waals surface area contributed by atoms with Crippen molar-refractivity contribution in [3.63, 3.8) is 0 Å². The fraction of sp³-hybridized carbons (Fsp3) is 0.667. The molecule has 0 amide bonds. The highest BCUT2D eigenvalue weighted by Gasteiger charge is 2.14. The van der Waals surface area contributed by atoms with Crippen LogP contribution in [-0.4, -0.2) is 15.8 Å². The molecule has 0 aliphatic heterocycles. The maximum absolute atomic E-state index is 11.2. The Bertz CT molecular complexity index is 341. The largest absolute Gasteiger partial charge is 0.345 e. The first-order valence-corrected chi connectivity index (χ1v) is 5.63. The third kappa shape index (κ3) is 2.91. The first-order chi connectivity index (χ1) is 7.06. The van der Waals surface area contributed by atoms with Crippen LogP contribution in [0.4, 0.5) is 0 Å². The number of nitrogens with zero attached hydrogens (tertiary/aromatic N) is 1. The summed E-state index contributed by atoms with van der Waals surface area (Å²) in [5.74, 6) is 1.40. The van der Waals surface area contributed by atoms with Gasteiger partial charge in [0, 0.05) is 18.5 Å². The number of nitrogens with one attached hydrogen (secondary N) is 1. The van der Waals surface area contributed by atoms with Crippen LogP contribution in [0.25, 0.3) is 0 Å². The summed E-state index contributed by atoms with van der Waals surface area (Å²) in [6.07, 6.45) is 3.53. The second-order valence-electron chi connectivity index (χ2n) is 4.20. The van der Waals surface area contributed by atoms with Gasteiger partial charge in [0.1, 0.15) is 11.5 Å². The van der Waals surface area contributed by atoms with Crippen LogP contribution in [0, 0.1) is 6.92 Å². The summed E-state index contributed by atoms with van der Waals surface area (Å²) >= 11 is 0. The Hall–Kier alpha value is -1.12. The van der Waals surface area contributed by atoms with Crippen molar-refractivity contribution in [2.24, 2.45) is 0 Å². The predicted octanol–water partition coefficient (Wildman–Crippen LogP) is 3.21. The Morgan fingerprint density at radius 2 is 2.20 bits per heavy atom. The van der Waals surface area contributed by atoms with Crippen molar-refractivity contribution in [3.05, 3.63) is 17.2 Å². The quantitative estimate of drug-likeness (QED) is 0.755. The predicted molar refractivity (Wildman–Crippen MR) is 61.3 cm³/mol. The average molecular weight is 208 g/mol. The van der Waals surface area contributed by atoms with Gasteiger partial charge in [-0.1, -0.05) is 26.7 Å². The number of aryl methyl sites for hydroxylation is 1. The summed E-state index contributed by atoms with van der Waals surface area (Å²) in [6, 6.07) is 0. The van der Waals surface area contributed by atoms with E-state index in [1.54, 1.807) is 6.92 Å². The van der Waals surface area contributed by atoms with E-state index in [1.807, 2.05) is 6.92 Å². The van der Waals surface area contributed by atoms with Crippen LogP contribution in [0.3, 0.4) is 0 Å². The van der Waals surface area contributed by atoms with Crippen LogP contribution in [-0.2, 0) is 0 Å². The maximum Gasteiger partial charge on any atom is 0.179 e. The lowest BCUT2D eigenvalue weighted by atomic mass is 10.0. The molecule has 0 saturated heterocycles. The van der Waals surface area contributed by atoms with Crippen molar-refractivity contribution >= 4 is 5.78 Å². The highest BCUT2D eigenvalue weighted by molar-refractivity contribution is 5.93. The number of Topliss-reactive ketones (excluding diaryl/α,β-unsaturated/α-hetero) is 1. The minimum Gasteiger partial charge on any atom is -0.345 e. The van der Waals surface area contributed by atoms with Crippen LogP contribution in [0.1, 0.15) is 68.0 Å². The van der Waals surface area contributed by atoms with E-state index in [2.05, 4.69) is 23.8 Å². The highest BCUT2D eigenvalue weighted by Crippen LogP contribution is 2.20. The molecular formula is C12H20N2O. The second-order valence-corrected chi connectivity index (χ2v) is 4.20. The van der Waals surface area contributed by atoms with Gasteiger partial charge >= 0.3 is 0 Å². The number of aromatic nitrogens is 2. The van der Waals surface area contributed by atoms with Crippen LogP contribution in [0.2, 0.25) is 0 Å². The van der Waals surface area contributed by atoms with Crippen molar-refractivity contribution in [1.82, 2.24) is 9.97 Å². The molecule has 0 aliphatic rings. The molecule has 0 aromatic carbocycles. The van der Waals surface area contributed by atoms with Crippen molar-refractivity contribution < 1.29 is 4.79 Å². The smallest absolute Gasteiger partial charge is 0.179 e. The van der Waals surface area contributed by atoms with Crippen molar-refractivity contribution in [3.8, 4) is 0 Å². The van der Waals surface area contributed by atoms with Gasteiger partial charge in [-0.05, 0) is 13.3 Å². The summed E-state index contributed by atoms with van der Waals surface area (Å²) in [6.45, 7) is 7.79. The topological polar surface area (TPSA) is 45.8 Å². The molecule has 1 aromatic heterocycles. The van der Waals surface area contributed by atoms with Gasteiger partial charge in [0.2, 0.25) is 0 Å². The van der Waals surface area contributed by atoms with Gasteiger partial charge in [0.25, 0.3) is 0 Å². The summed E-state index contributed by atoms with van der Waals surface area (Å²) in [5, 5.41) is 0. The molecule has 3 nitrogen and oxygen atoms in total. The average Bonchev–Trinajstić information content (AvgIpc) is 2.56. The Kier molecular flexibility index (Phi) is 4.06. The van der Waals surface area contributed by atoms with Gasteiger partial charge in [0.15, 0.2) is 5.78 Å². The van der Waals surface area contributed by atoms with E-state index >= 15 is 0 Å². The number of H-pyrrole nitrogens is 1.